The first-order chi connectivity index (χ1) is 6.06. The maximum atomic E-state index is 12.5. The van der Waals surface area contributed by atoms with Crippen molar-refractivity contribution in [2.75, 3.05) is 0 Å². The number of aromatic nitrogens is 1. The van der Waals surface area contributed by atoms with E-state index in [1.54, 1.807) is 6.07 Å². The van der Waals surface area contributed by atoms with Crippen LogP contribution in [-0.4, -0.2) is 4.98 Å². The highest BCUT2D eigenvalue weighted by Gasteiger charge is 2.17. The maximum absolute atomic E-state index is 12.5. The van der Waals surface area contributed by atoms with Crippen LogP contribution in [0, 0.1) is 3.57 Å². The number of pyridine rings is 1. The number of nitrogens with two attached hydrogens (primary N) is 1. The van der Waals surface area contributed by atoms with Gasteiger partial charge in [-0.05, 0) is 44.6 Å². The van der Waals surface area contributed by atoms with Gasteiger partial charge >= 0.3 is 0 Å². The van der Waals surface area contributed by atoms with Crippen LogP contribution in [0.1, 0.15) is 17.7 Å². The zero-order chi connectivity index (χ0) is 10.0. The summed E-state index contributed by atoms with van der Waals surface area (Å²) in [5.74, 6) is 0. The van der Waals surface area contributed by atoms with E-state index in [0.717, 1.165) is 0 Å². The summed E-state index contributed by atoms with van der Waals surface area (Å²) in [4.78, 5) is 3.88. The van der Waals surface area contributed by atoms with E-state index in [2.05, 4.69) is 20.9 Å². The molecule has 0 bridgehead atoms. The third-order valence-electron chi connectivity index (χ3n) is 1.47. The zero-order valence-corrected chi connectivity index (χ0v) is 10.1. The van der Waals surface area contributed by atoms with Crippen molar-refractivity contribution in [1.29, 1.82) is 0 Å². The van der Waals surface area contributed by atoms with Crippen LogP contribution in [0.5, 0.6) is 0 Å². The molecule has 72 valence electrons. The van der Waals surface area contributed by atoms with Crippen LogP contribution in [0.3, 0.4) is 0 Å². The first-order valence-electron chi connectivity index (χ1n) is 3.39. The predicted molar refractivity (Wildman–Crippen MR) is 57.5 cm³/mol. The van der Waals surface area contributed by atoms with Crippen LogP contribution in [-0.2, 0) is 6.54 Å². The van der Waals surface area contributed by atoms with E-state index in [4.69, 9.17) is 5.73 Å². The van der Waals surface area contributed by atoms with Crippen LogP contribution in [0.4, 0.5) is 8.78 Å². The monoisotopic (exact) mass is 362 g/mol. The van der Waals surface area contributed by atoms with Gasteiger partial charge in [-0.1, -0.05) is 0 Å². The third kappa shape index (κ3) is 2.57. The lowest BCUT2D eigenvalue weighted by atomic mass is 10.2. The molecular weight excluding hydrogens is 357 g/mol. The minimum Gasteiger partial charge on any atom is -0.325 e. The summed E-state index contributed by atoms with van der Waals surface area (Å²) in [6.45, 7) is 0.0229. The lowest BCUT2D eigenvalue weighted by Gasteiger charge is -2.08. The highest BCUT2D eigenvalue weighted by atomic mass is 127. The van der Waals surface area contributed by atoms with Gasteiger partial charge in [0, 0.05) is 10.1 Å². The Morgan fingerprint density at radius 3 is 2.69 bits per heavy atom. The van der Waals surface area contributed by atoms with Crippen molar-refractivity contribution in [3.63, 3.8) is 0 Å². The molecule has 0 radical (unpaired) electrons. The molecule has 0 spiro atoms. The quantitative estimate of drug-likeness (QED) is 0.649. The Hall–Kier alpha value is 0.180. The van der Waals surface area contributed by atoms with Gasteiger partial charge in [0.1, 0.15) is 4.60 Å². The number of hydrogen-bond donors (Lipinski definition) is 1. The second-order valence-corrected chi connectivity index (χ2v) is 4.27. The van der Waals surface area contributed by atoms with Crippen LogP contribution in [0.2, 0.25) is 0 Å². The average molecular weight is 363 g/mol. The molecule has 0 fully saturated rings. The second-order valence-electron chi connectivity index (χ2n) is 2.29. The van der Waals surface area contributed by atoms with E-state index < -0.39 is 6.43 Å². The largest absolute Gasteiger partial charge is 0.325 e. The van der Waals surface area contributed by atoms with Gasteiger partial charge < -0.3 is 5.73 Å². The van der Waals surface area contributed by atoms with Crippen molar-refractivity contribution in [2.45, 2.75) is 13.0 Å². The van der Waals surface area contributed by atoms with Gasteiger partial charge in [-0.15, -0.1) is 0 Å². The summed E-state index contributed by atoms with van der Waals surface area (Å²) in [5.41, 5.74) is 5.49. The summed E-state index contributed by atoms with van der Waals surface area (Å²) >= 11 is 4.97. The van der Waals surface area contributed by atoms with Gasteiger partial charge in [-0.3, -0.25) is 0 Å². The van der Waals surface area contributed by atoms with Gasteiger partial charge in [0.05, 0.1) is 11.3 Å². The molecule has 0 amide bonds. The molecule has 1 aromatic heterocycles. The molecule has 1 rings (SSSR count). The van der Waals surface area contributed by atoms with Crippen molar-refractivity contribution in [2.24, 2.45) is 5.73 Å². The molecule has 1 aromatic rings. The summed E-state index contributed by atoms with van der Waals surface area (Å²) in [6, 6.07) is 1.54. The van der Waals surface area contributed by atoms with Crippen molar-refractivity contribution < 1.29 is 8.78 Å². The Bertz CT molecular complexity index is 320. The van der Waals surface area contributed by atoms with E-state index in [-0.39, 0.29) is 17.8 Å². The minimum absolute atomic E-state index is 0.0229. The van der Waals surface area contributed by atoms with Crippen molar-refractivity contribution >= 4 is 38.5 Å². The maximum Gasteiger partial charge on any atom is 0.266 e. The lowest BCUT2D eigenvalue weighted by Crippen LogP contribution is -2.07. The van der Waals surface area contributed by atoms with Crippen molar-refractivity contribution in [3.8, 4) is 0 Å². The fourth-order valence-electron chi connectivity index (χ4n) is 0.927. The van der Waals surface area contributed by atoms with Gasteiger partial charge in [0.2, 0.25) is 0 Å². The smallest absolute Gasteiger partial charge is 0.266 e. The van der Waals surface area contributed by atoms with Crippen molar-refractivity contribution in [1.82, 2.24) is 4.98 Å². The highest BCUT2D eigenvalue weighted by Crippen LogP contribution is 2.28. The Labute approximate surface area is 96.2 Å². The molecule has 0 saturated carbocycles. The van der Waals surface area contributed by atoms with E-state index in [9.17, 15) is 8.78 Å². The topological polar surface area (TPSA) is 38.9 Å². The van der Waals surface area contributed by atoms with E-state index in [0.29, 0.717) is 8.17 Å². The Morgan fingerprint density at radius 1 is 1.62 bits per heavy atom. The van der Waals surface area contributed by atoms with E-state index in [1.165, 1.54) is 0 Å². The molecular formula is C7H6BrF2IN2. The normalized spacial score (nSPS) is 10.9. The van der Waals surface area contributed by atoms with Gasteiger partial charge in [0.25, 0.3) is 6.43 Å². The Balaban J connectivity index is 3.30. The summed E-state index contributed by atoms with van der Waals surface area (Å²) in [5, 5.41) is 0. The number of hydrogen-bond acceptors (Lipinski definition) is 2. The highest BCUT2D eigenvalue weighted by molar-refractivity contribution is 14.1. The summed E-state index contributed by atoms with van der Waals surface area (Å²) in [6.07, 6.45) is -2.52. The van der Waals surface area contributed by atoms with E-state index in [1.807, 2.05) is 22.6 Å². The fourth-order valence-corrected chi connectivity index (χ4v) is 2.64. The summed E-state index contributed by atoms with van der Waals surface area (Å²) in [7, 11) is 0. The molecule has 0 aliphatic heterocycles. The Kier molecular flexibility index (Phi) is 3.99. The molecule has 13 heavy (non-hydrogen) atoms. The lowest BCUT2D eigenvalue weighted by molar-refractivity contribution is 0.148. The molecule has 6 heteroatoms. The first kappa shape index (κ1) is 11.3. The molecule has 0 saturated heterocycles. The third-order valence-corrected chi connectivity index (χ3v) is 2.77. The molecule has 0 atom stereocenters. The molecule has 0 unspecified atom stereocenters. The summed E-state index contributed by atoms with van der Waals surface area (Å²) < 4.78 is 26.0. The first-order valence-corrected chi connectivity index (χ1v) is 5.26. The number of halogens is 4. The Morgan fingerprint density at radius 2 is 2.23 bits per heavy atom. The number of alkyl halides is 2. The fraction of sp³-hybridized carbons (Fsp3) is 0.286. The predicted octanol–water partition coefficient (Wildman–Crippen LogP) is 2.85. The van der Waals surface area contributed by atoms with Gasteiger partial charge in [0.15, 0.2) is 0 Å². The average Bonchev–Trinajstić information content (AvgIpc) is 2.01. The van der Waals surface area contributed by atoms with E-state index >= 15 is 0 Å². The second kappa shape index (κ2) is 4.61. The number of rotatable bonds is 2. The SMILES string of the molecule is NCc1nc(Br)cc(I)c1C(F)F. The molecule has 0 aliphatic rings. The van der Waals surface area contributed by atoms with Crippen LogP contribution < -0.4 is 5.73 Å². The van der Waals surface area contributed by atoms with Crippen molar-refractivity contribution in [3.05, 3.63) is 25.5 Å². The zero-order valence-electron chi connectivity index (χ0n) is 6.40. The molecule has 0 aliphatic carbocycles. The molecule has 2 nitrogen and oxygen atoms in total. The van der Waals surface area contributed by atoms with Gasteiger partial charge in [-0.25, -0.2) is 13.8 Å². The van der Waals surface area contributed by atoms with Crippen LogP contribution >= 0.6 is 38.5 Å². The van der Waals surface area contributed by atoms with Gasteiger partial charge in [-0.2, -0.15) is 0 Å². The van der Waals surface area contributed by atoms with Crippen LogP contribution in [0.15, 0.2) is 10.7 Å². The number of nitrogens with zero attached hydrogens (tertiary/aromatic N) is 1. The molecule has 1 heterocycles. The standard InChI is InChI=1S/C7H6BrF2IN2/c8-5-1-3(11)6(7(9)10)4(2-12)13-5/h1,7H,2,12H2. The molecule has 2 N–H and O–H groups in total. The van der Waals surface area contributed by atoms with Crippen LogP contribution in [0.25, 0.3) is 0 Å². The molecule has 0 aromatic carbocycles. The minimum atomic E-state index is -2.52.